The quantitative estimate of drug-likeness (QED) is 0.475. The smallest absolute Gasteiger partial charge is 0.324 e. The molecule has 0 aliphatic heterocycles. The first-order valence-electron chi connectivity index (χ1n) is 5.59. The average Bonchev–Trinajstić information content (AvgIpc) is 3.03. The van der Waals surface area contributed by atoms with E-state index in [1.54, 1.807) is 19.4 Å². The fraction of sp³-hybridized carbons (Fsp3) is 0.364. The summed E-state index contributed by atoms with van der Waals surface area (Å²) in [5, 5.41) is 13.8. The van der Waals surface area contributed by atoms with Gasteiger partial charge in [0, 0.05) is 19.7 Å². The molecule has 0 bridgehead atoms. The topological polar surface area (TPSA) is 90.4 Å². The number of hydrogen-bond donors (Lipinski definition) is 1. The molecule has 102 valence electrons. The minimum absolute atomic E-state index is 0.0890. The first kappa shape index (κ1) is 13.7. The van der Waals surface area contributed by atoms with Crippen LogP contribution in [-0.2, 0) is 11.3 Å². The number of nitro groups is 1. The number of ether oxygens (including phenoxy) is 1. The van der Waals surface area contributed by atoms with Crippen LogP contribution in [-0.4, -0.2) is 30.2 Å². The Morgan fingerprint density at radius 2 is 2.42 bits per heavy atom. The predicted octanol–water partition coefficient (Wildman–Crippen LogP) is 2.05. The van der Waals surface area contributed by atoms with Crippen molar-refractivity contribution in [2.24, 2.45) is 0 Å². The molecule has 0 amide bonds. The number of methoxy groups -OCH3 is 1. The second-order valence-electron chi connectivity index (χ2n) is 3.68. The summed E-state index contributed by atoms with van der Waals surface area (Å²) < 4.78 is 10.4. The number of rotatable bonds is 7. The molecule has 2 aromatic heterocycles. The number of thiophene rings is 1. The molecular formula is C11H13N3O4S. The first-order valence-corrected chi connectivity index (χ1v) is 6.41. The van der Waals surface area contributed by atoms with Gasteiger partial charge >= 0.3 is 5.00 Å². The van der Waals surface area contributed by atoms with Gasteiger partial charge in [0.15, 0.2) is 5.76 Å². The van der Waals surface area contributed by atoms with Crippen molar-refractivity contribution in [3.8, 4) is 10.6 Å². The molecular weight excluding hydrogens is 270 g/mol. The summed E-state index contributed by atoms with van der Waals surface area (Å²) in [5.41, 5.74) is 0. The maximum atomic E-state index is 10.6. The molecule has 0 saturated carbocycles. The van der Waals surface area contributed by atoms with Crippen molar-refractivity contribution in [2.45, 2.75) is 6.54 Å². The van der Waals surface area contributed by atoms with Crippen LogP contribution in [0.3, 0.4) is 0 Å². The van der Waals surface area contributed by atoms with Gasteiger partial charge < -0.3 is 14.5 Å². The van der Waals surface area contributed by atoms with E-state index in [4.69, 9.17) is 9.15 Å². The molecule has 2 aromatic rings. The molecule has 19 heavy (non-hydrogen) atoms. The van der Waals surface area contributed by atoms with Gasteiger partial charge in [0.25, 0.3) is 0 Å². The molecule has 0 radical (unpaired) electrons. The van der Waals surface area contributed by atoms with Crippen LogP contribution in [0.2, 0.25) is 0 Å². The molecule has 1 N–H and O–H groups in total. The maximum Gasteiger partial charge on any atom is 0.324 e. The lowest BCUT2D eigenvalue weighted by Crippen LogP contribution is -2.18. The van der Waals surface area contributed by atoms with Crippen molar-refractivity contribution in [1.82, 2.24) is 10.3 Å². The molecule has 8 heteroatoms. The van der Waals surface area contributed by atoms with Crippen LogP contribution in [0.25, 0.3) is 10.6 Å². The highest BCUT2D eigenvalue weighted by molar-refractivity contribution is 7.18. The number of aromatic nitrogens is 1. The summed E-state index contributed by atoms with van der Waals surface area (Å²) in [6.07, 6.45) is 1.57. The normalized spacial score (nSPS) is 10.8. The lowest BCUT2D eigenvalue weighted by atomic mass is 10.4. The van der Waals surface area contributed by atoms with E-state index in [0.717, 1.165) is 11.3 Å². The molecule has 0 unspecified atom stereocenters. The molecule has 0 spiro atoms. The number of nitrogens with one attached hydrogen (secondary N) is 1. The van der Waals surface area contributed by atoms with Gasteiger partial charge in [-0.25, -0.2) is 4.98 Å². The summed E-state index contributed by atoms with van der Waals surface area (Å²) in [6.45, 7) is 1.82. The lowest BCUT2D eigenvalue weighted by molar-refractivity contribution is -0.380. The maximum absolute atomic E-state index is 10.6. The second kappa shape index (κ2) is 6.41. The Balaban J connectivity index is 1.97. The third kappa shape index (κ3) is 3.60. The van der Waals surface area contributed by atoms with Gasteiger partial charge in [-0.2, -0.15) is 0 Å². The minimum atomic E-state index is -0.419. The van der Waals surface area contributed by atoms with Gasteiger partial charge in [-0.3, -0.25) is 10.1 Å². The number of oxazole rings is 1. The van der Waals surface area contributed by atoms with E-state index in [1.807, 2.05) is 0 Å². The van der Waals surface area contributed by atoms with Crippen molar-refractivity contribution < 1.29 is 14.1 Å². The standard InChI is InChI=1S/C11H13N3O4S/c1-17-5-4-12-7-10-13-6-8(18-10)9-2-3-11(19-9)14(15)16/h2-3,6,12H,4-5,7H2,1H3. The second-order valence-corrected chi connectivity index (χ2v) is 4.75. The molecule has 7 nitrogen and oxygen atoms in total. The Morgan fingerprint density at radius 1 is 1.58 bits per heavy atom. The highest BCUT2D eigenvalue weighted by Gasteiger charge is 2.14. The highest BCUT2D eigenvalue weighted by atomic mass is 32.1. The minimum Gasteiger partial charge on any atom is -0.438 e. The van der Waals surface area contributed by atoms with E-state index in [9.17, 15) is 10.1 Å². The van der Waals surface area contributed by atoms with Crippen molar-refractivity contribution in [1.29, 1.82) is 0 Å². The van der Waals surface area contributed by atoms with Crippen molar-refractivity contribution in [2.75, 3.05) is 20.3 Å². The van der Waals surface area contributed by atoms with Crippen LogP contribution >= 0.6 is 11.3 Å². The van der Waals surface area contributed by atoms with Crippen molar-refractivity contribution in [3.63, 3.8) is 0 Å². The van der Waals surface area contributed by atoms with Crippen LogP contribution in [0.5, 0.6) is 0 Å². The van der Waals surface area contributed by atoms with E-state index < -0.39 is 4.92 Å². The zero-order chi connectivity index (χ0) is 13.7. The molecule has 2 heterocycles. The highest BCUT2D eigenvalue weighted by Crippen LogP contribution is 2.32. The van der Waals surface area contributed by atoms with Gasteiger partial charge in [0.05, 0.1) is 29.1 Å². The Labute approximate surface area is 113 Å². The van der Waals surface area contributed by atoms with Crippen LogP contribution in [0, 0.1) is 10.1 Å². The molecule has 2 rings (SSSR count). The number of nitrogens with zero attached hydrogens (tertiary/aromatic N) is 2. The molecule has 0 aliphatic carbocycles. The van der Waals surface area contributed by atoms with E-state index in [0.29, 0.717) is 36.2 Å². The SMILES string of the molecule is COCCNCc1ncc(-c2ccc([N+](=O)[O-])s2)o1. The predicted molar refractivity (Wildman–Crippen MR) is 70.1 cm³/mol. The molecule has 0 atom stereocenters. The van der Waals surface area contributed by atoms with Crippen molar-refractivity contribution >= 4 is 16.3 Å². The molecule has 0 saturated heterocycles. The van der Waals surface area contributed by atoms with E-state index in [2.05, 4.69) is 10.3 Å². The summed E-state index contributed by atoms with van der Waals surface area (Å²) in [5.74, 6) is 1.09. The third-order valence-electron chi connectivity index (χ3n) is 2.33. The average molecular weight is 283 g/mol. The van der Waals surface area contributed by atoms with Crippen molar-refractivity contribution in [3.05, 3.63) is 34.3 Å². The fourth-order valence-corrected chi connectivity index (χ4v) is 2.20. The largest absolute Gasteiger partial charge is 0.438 e. The summed E-state index contributed by atoms with van der Waals surface area (Å²) in [7, 11) is 1.63. The van der Waals surface area contributed by atoms with Crippen LogP contribution < -0.4 is 5.32 Å². The van der Waals surface area contributed by atoms with E-state index in [-0.39, 0.29) is 5.00 Å². The molecule has 0 aliphatic rings. The van der Waals surface area contributed by atoms with Gasteiger partial charge in [-0.1, -0.05) is 11.3 Å². The zero-order valence-electron chi connectivity index (χ0n) is 10.3. The molecule has 0 aromatic carbocycles. The summed E-state index contributed by atoms with van der Waals surface area (Å²) in [4.78, 5) is 15.0. The van der Waals surface area contributed by atoms with Gasteiger partial charge in [-0.05, 0) is 6.07 Å². The van der Waals surface area contributed by atoms with Crippen LogP contribution in [0.15, 0.2) is 22.7 Å². The summed E-state index contributed by atoms with van der Waals surface area (Å²) in [6, 6.07) is 3.12. The van der Waals surface area contributed by atoms with Gasteiger partial charge in [-0.15, -0.1) is 0 Å². The fourth-order valence-electron chi connectivity index (χ4n) is 1.43. The van der Waals surface area contributed by atoms with Gasteiger partial charge in [0.2, 0.25) is 5.89 Å². The number of hydrogen-bond acceptors (Lipinski definition) is 7. The monoisotopic (exact) mass is 283 g/mol. The lowest BCUT2D eigenvalue weighted by Gasteiger charge is -1.99. The third-order valence-corrected chi connectivity index (χ3v) is 3.38. The Bertz CT molecular complexity index is 552. The zero-order valence-corrected chi connectivity index (χ0v) is 11.1. The van der Waals surface area contributed by atoms with Crippen LogP contribution in [0.1, 0.15) is 5.89 Å². The van der Waals surface area contributed by atoms with Gasteiger partial charge in [0.1, 0.15) is 0 Å². The first-order chi connectivity index (χ1) is 9.20. The Kier molecular flexibility index (Phi) is 4.61. The summed E-state index contributed by atoms with van der Waals surface area (Å²) >= 11 is 1.07. The van der Waals surface area contributed by atoms with E-state index >= 15 is 0 Å². The molecule has 0 fully saturated rings. The Hall–Kier alpha value is -1.77. The van der Waals surface area contributed by atoms with E-state index in [1.165, 1.54) is 6.07 Å². The van der Waals surface area contributed by atoms with Crippen LogP contribution in [0.4, 0.5) is 5.00 Å². The Morgan fingerprint density at radius 3 is 3.11 bits per heavy atom.